The molecule has 0 aliphatic heterocycles. The van der Waals surface area contributed by atoms with Gasteiger partial charge in [0.05, 0.1) is 17.8 Å². The Morgan fingerprint density at radius 2 is 1.83 bits per heavy atom. The zero-order chi connectivity index (χ0) is 13.0. The van der Waals surface area contributed by atoms with E-state index in [1.165, 1.54) is 5.56 Å². The Balaban J connectivity index is 2.03. The fraction of sp³-hybridized carbons (Fsp3) is 0.286. The highest BCUT2D eigenvalue weighted by Crippen LogP contribution is 2.18. The third-order valence-corrected chi connectivity index (χ3v) is 3.06. The van der Waals surface area contributed by atoms with Crippen molar-refractivity contribution >= 4 is 0 Å². The minimum Gasteiger partial charge on any atom is -0.304 e. The van der Waals surface area contributed by atoms with Gasteiger partial charge in [-0.3, -0.25) is 5.10 Å². The molecule has 1 aromatic heterocycles. The van der Waals surface area contributed by atoms with E-state index in [-0.39, 0.29) is 12.1 Å². The topological polar surface area (TPSA) is 64.5 Å². The molecule has 0 aliphatic carbocycles. The zero-order valence-electron chi connectivity index (χ0n) is 10.5. The Morgan fingerprint density at radius 3 is 2.39 bits per heavy atom. The lowest BCUT2D eigenvalue weighted by Gasteiger charge is -2.19. The molecular weight excluding hydrogens is 224 g/mol. The molecule has 2 rings (SSSR count). The monoisotopic (exact) mass is 240 g/mol. The van der Waals surface area contributed by atoms with Crippen molar-refractivity contribution in [2.75, 3.05) is 0 Å². The number of aromatic nitrogens is 2. The molecule has 4 heteroatoms. The molecule has 0 amide bonds. The number of nitrogens with zero attached hydrogens (tertiary/aromatic N) is 2. The fourth-order valence-corrected chi connectivity index (χ4v) is 1.91. The normalized spacial score (nSPS) is 13.8. The Labute approximate surface area is 107 Å². The molecule has 2 atom stereocenters. The number of nitriles is 1. The second-order valence-corrected chi connectivity index (χ2v) is 4.38. The summed E-state index contributed by atoms with van der Waals surface area (Å²) in [6.07, 6.45) is 3.71. The van der Waals surface area contributed by atoms with Crippen LogP contribution in [0.2, 0.25) is 0 Å². The third kappa shape index (κ3) is 2.76. The molecule has 0 saturated carbocycles. The summed E-state index contributed by atoms with van der Waals surface area (Å²) >= 11 is 0. The van der Waals surface area contributed by atoms with Crippen LogP contribution in [0.4, 0.5) is 0 Å². The molecule has 0 bridgehead atoms. The predicted molar refractivity (Wildman–Crippen MR) is 69.7 cm³/mol. The lowest BCUT2D eigenvalue weighted by molar-refractivity contribution is 0.495. The standard InChI is InChI=1S/C14H16N4/c1-10(13-5-3-12(7-15)4-6-13)18-11(2)14-8-16-17-9-14/h3-6,8-11,18H,1-2H3,(H,16,17). The van der Waals surface area contributed by atoms with Crippen molar-refractivity contribution < 1.29 is 0 Å². The molecule has 92 valence electrons. The van der Waals surface area contributed by atoms with Crippen LogP contribution in [0.5, 0.6) is 0 Å². The van der Waals surface area contributed by atoms with Gasteiger partial charge in [0.15, 0.2) is 0 Å². The summed E-state index contributed by atoms with van der Waals surface area (Å²) in [5.41, 5.74) is 2.99. The van der Waals surface area contributed by atoms with Gasteiger partial charge in [0.1, 0.15) is 0 Å². The molecule has 1 aromatic carbocycles. The van der Waals surface area contributed by atoms with Crippen molar-refractivity contribution in [1.82, 2.24) is 15.5 Å². The van der Waals surface area contributed by atoms with E-state index < -0.39 is 0 Å². The molecule has 2 N–H and O–H groups in total. The van der Waals surface area contributed by atoms with Crippen LogP contribution in [-0.2, 0) is 0 Å². The summed E-state index contributed by atoms with van der Waals surface area (Å²) in [5.74, 6) is 0. The molecular formula is C14H16N4. The summed E-state index contributed by atoms with van der Waals surface area (Å²) in [7, 11) is 0. The second-order valence-electron chi connectivity index (χ2n) is 4.38. The van der Waals surface area contributed by atoms with E-state index in [9.17, 15) is 0 Å². The number of aromatic amines is 1. The second kappa shape index (κ2) is 5.48. The molecule has 0 aliphatic rings. The van der Waals surface area contributed by atoms with Crippen LogP contribution in [0, 0.1) is 11.3 Å². The SMILES string of the molecule is CC(NC(C)c1cn[nH]c1)c1ccc(C#N)cc1. The number of hydrogen-bond acceptors (Lipinski definition) is 3. The van der Waals surface area contributed by atoms with Gasteiger partial charge in [-0.05, 0) is 31.5 Å². The van der Waals surface area contributed by atoms with Crippen LogP contribution < -0.4 is 5.32 Å². The van der Waals surface area contributed by atoms with Gasteiger partial charge in [-0.25, -0.2) is 0 Å². The van der Waals surface area contributed by atoms with E-state index in [1.54, 1.807) is 0 Å². The van der Waals surface area contributed by atoms with E-state index >= 15 is 0 Å². The Bertz CT molecular complexity index is 522. The number of H-pyrrole nitrogens is 1. The van der Waals surface area contributed by atoms with Crippen LogP contribution >= 0.6 is 0 Å². The minimum absolute atomic E-state index is 0.225. The Hall–Kier alpha value is -2.12. The number of hydrogen-bond donors (Lipinski definition) is 2. The molecule has 0 fully saturated rings. The first-order chi connectivity index (χ1) is 8.70. The van der Waals surface area contributed by atoms with Crippen molar-refractivity contribution in [3.05, 3.63) is 53.3 Å². The number of nitrogens with one attached hydrogen (secondary N) is 2. The van der Waals surface area contributed by atoms with E-state index in [1.807, 2.05) is 36.7 Å². The number of rotatable bonds is 4. The van der Waals surface area contributed by atoms with Gasteiger partial charge in [-0.1, -0.05) is 12.1 Å². The Kier molecular flexibility index (Phi) is 3.75. The highest BCUT2D eigenvalue weighted by atomic mass is 15.1. The van der Waals surface area contributed by atoms with Gasteiger partial charge in [0, 0.05) is 23.8 Å². The predicted octanol–water partition coefficient (Wildman–Crippen LogP) is 2.69. The van der Waals surface area contributed by atoms with E-state index in [4.69, 9.17) is 5.26 Å². The molecule has 4 nitrogen and oxygen atoms in total. The fourth-order valence-electron chi connectivity index (χ4n) is 1.91. The molecule has 1 heterocycles. The number of benzene rings is 1. The molecule has 0 spiro atoms. The van der Waals surface area contributed by atoms with E-state index in [2.05, 4.69) is 35.4 Å². The van der Waals surface area contributed by atoms with Crippen molar-refractivity contribution in [2.24, 2.45) is 0 Å². The first-order valence-corrected chi connectivity index (χ1v) is 5.95. The summed E-state index contributed by atoms with van der Waals surface area (Å²) in [5, 5.41) is 19.0. The van der Waals surface area contributed by atoms with Crippen LogP contribution in [0.3, 0.4) is 0 Å². The van der Waals surface area contributed by atoms with Crippen molar-refractivity contribution in [3.63, 3.8) is 0 Å². The van der Waals surface area contributed by atoms with Crippen LogP contribution in [-0.4, -0.2) is 10.2 Å². The summed E-state index contributed by atoms with van der Waals surface area (Å²) in [4.78, 5) is 0. The largest absolute Gasteiger partial charge is 0.304 e. The summed E-state index contributed by atoms with van der Waals surface area (Å²) in [6.45, 7) is 4.21. The highest BCUT2D eigenvalue weighted by molar-refractivity contribution is 5.32. The van der Waals surface area contributed by atoms with Gasteiger partial charge in [-0.15, -0.1) is 0 Å². The zero-order valence-corrected chi connectivity index (χ0v) is 10.5. The van der Waals surface area contributed by atoms with Crippen molar-refractivity contribution in [2.45, 2.75) is 25.9 Å². The average molecular weight is 240 g/mol. The molecule has 18 heavy (non-hydrogen) atoms. The van der Waals surface area contributed by atoms with E-state index in [0.717, 1.165) is 5.56 Å². The highest BCUT2D eigenvalue weighted by Gasteiger charge is 2.11. The maximum atomic E-state index is 8.76. The van der Waals surface area contributed by atoms with Crippen LogP contribution in [0.15, 0.2) is 36.7 Å². The first kappa shape index (κ1) is 12.3. The molecule has 2 unspecified atom stereocenters. The summed E-state index contributed by atoms with van der Waals surface area (Å²) < 4.78 is 0. The maximum absolute atomic E-state index is 8.76. The maximum Gasteiger partial charge on any atom is 0.0991 e. The van der Waals surface area contributed by atoms with Gasteiger partial charge in [0.25, 0.3) is 0 Å². The smallest absolute Gasteiger partial charge is 0.0991 e. The molecule has 0 saturated heterocycles. The lowest BCUT2D eigenvalue weighted by atomic mass is 10.0. The van der Waals surface area contributed by atoms with E-state index in [0.29, 0.717) is 5.56 Å². The third-order valence-electron chi connectivity index (χ3n) is 3.06. The van der Waals surface area contributed by atoms with Gasteiger partial charge < -0.3 is 5.32 Å². The molecule has 2 aromatic rings. The van der Waals surface area contributed by atoms with Crippen LogP contribution in [0.1, 0.15) is 42.6 Å². The summed E-state index contributed by atoms with van der Waals surface area (Å²) in [6, 6.07) is 10.2. The average Bonchev–Trinajstić information content (AvgIpc) is 2.92. The van der Waals surface area contributed by atoms with Gasteiger partial charge in [0.2, 0.25) is 0 Å². The lowest BCUT2D eigenvalue weighted by Crippen LogP contribution is -2.22. The van der Waals surface area contributed by atoms with Crippen molar-refractivity contribution in [3.8, 4) is 6.07 Å². The van der Waals surface area contributed by atoms with Crippen molar-refractivity contribution in [1.29, 1.82) is 5.26 Å². The van der Waals surface area contributed by atoms with Crippen LogP contribution in [0.25, 0.3) is 0 Å². The quantitative estimate of drug-likeness (QED) is 0.863. The first-order valence-electron chi connectivity index (χ1n) is 5.95. The van der Waals surface area contributed by atoms with Gasteiger partial charge in [-0.2, -0.15) is 10.4 Å². The Morgan fingerprint density at radius 1 is 1.17 bits per heavy atom. The molecule has 0 radical (unpaired) electrons. The minimum atomic E-state index is 0.225. The van der Waals surface area contributed by atoms with Gasteiger partial charge >= 0.3 is 0 Å².